The predicted octanol–water partition coefficient (Wildman–Crippen LogP) is 5.22. The highest BCUT2D eigenvalue weighted by Gasteiger charge is 2.24. The Morgan fingerprint density at radius 3 is 2.81 bits per heavy atom. The summed E-state index contributed by atoms with van der Waals surface area (Å²) in [5.41, 5.74) is 5.96. The second kappa shape index (κ2) is 9.18. The summed E-state index contributed by atoms with van der Waals surface area (Å²) in [6, 6.07) is 10.3. The normalized spacial score (nSPS) is 15.9. The maximum atomic E-state index is 14.4. The summed E-state index contributed by atoms with van der Waals surface area (Å²) in [6.45, 7) is 4.11. The number of nitrogens with one attached hydrogen (secondary N) is 1. The molecule has 31 heavy (non-hydrogen) atoms. The molecule has 0 spiro atoms. The van der Waals surface area contributed by atoms with E-state index >= 15 is 0 Å². The van der Waals surface area contributed by atoms with Crippen molar-refractivity contribution >= 4 is 29.0 Å². The molecule has 0 bridgehead atoms. The van der Waals surface area contributed by atoms with E-state index in [0.29, 0.717) is 35.1 Å². The van der Waals surface area contributed by atoms with Crippen LogP contribution in [0, 0.1) is 19.7 Å². The third kappa shape index (κ3) is 4.79. The molecule has 0 fully saturated rings. The van der Waals surface area contributed by atoms with Crippen LogP contribution >= 0.6 is 23.2 Å². The fourth-order valence-electron chi connectivity index (χ4n) is 3.25. The van der Waals surface area contributed by atoms with Crippen LogP contribution in [0.5, 0.6) is 11.5 Å². The molecule has 9 heteroatoms. The number of aromatic nitrogens is 2. The van der Waals surface area contributed by atoms with Crippen molar-refractivity contribution in [1.29, 1.82) is 0 Å². The van der Waals surface area contributed by atoms with Crippen LogP contribution in [0.15, 0.2) is 47.6 Å². The standard InChI is InChI=1S/C22H19Cl2FN4O2/c1-12-6-7-14(17(24)8-12)9-15-11-30-29-22(27-15)20-13(2)28-26-10-19(20)31-18-5-3-4-16(23)21(18)25/h3-8,10,15H,9,11H2,1-2H3,(H,27,29). The quantitative estimate of drug-likeness (QED) is 0.564. The highest BCUT2D eigenvalue weighted by Crippen LogP contribution is 2.31. The lowest BCUT2D eigenvalue weighted by Gasteiger charge is -2.24. The van der Waals surface area contributed by atoms with Crippen LogP contribution in [-0.2, 0) is 11.3 Å². The van der Waals surface area contributed by atoms with Crippen molar-refractivity contribution < 1.29 is 14.0 Å². The van der Waals surface area contributed by atoms with E-state index in [9.17, 15) is 4.39 Å². The lowest BCUT2D eigenvalue weighted by Crippen LogP contribution is -2.37. The fraction of sp³-hybridized carbons (Fsp3) is 0.227. The van der Waals surface area contributed by atoms with Gasteiger partial charge in [-0.05, 0) is 49.6 Å². The van der Waals surface area contributed by atoms with Gasteiger partial charge in [0.15, 0.2) is 23.2 Å². The fourth-order valence-corrected chi connectivity index (χ4v) is 3.73. The van der Waals surface area contributed by atoms with Gasteiger partial charge in [-0.15, -0.1) is 0 Å². The first-order chi connectivity index (χ1) is 14.9. The zero-order valence-electron chi connectivity index (χ0n) is 16.8. The number of aliphatic imine (C=N–C) groups is 1. The molecule has 6 nitrogen and oxygen atoms in total. The predicted molar refractivity (Wildman–Crippen MR) is 118 cm³/mol. The van der Waals surface area contributed by atoms with Gasteiger partial charge in [0.05, 0.1) is 35.1 Å². The third-order valence-corrected chi connectivity index (χ3v) is 5.43. The average Bonchev–Trinajstić information content (AvgIpc) is 2.74. The number of rotatable bonds is 5. The molecule has 0 radical (unpaired) electrons. The number of aryl methyl sites for hydroxylation is 2. The molecular formula is C22H19Cl2FN4O2. The minimum atomic E-state index is -0.661. The molecule has 3 aromatic rings. The van der Waals surface area contributed by atoms with Crippen LogP contribution in [0.2, 0.25) is 10.0 Å². The monoisotopic (exact) mass is 460 g/mol. The van der Waals surface area contributed by atoms with Crippen LogP contribution in [0.1, 0.15) is 22.4 Å². The van der Waals surface area contributed by atoms with Crippen LogP contribution in [0.25, 0.3) is 0 Å². The SMILES string of the molecule is Cc1ccc(CC2CONC(c3c(Oc4cccc(Cl)c4F)cnnc3C)=N2)c(Cl)c1. The Bertz CT molecular complexity index is 1160. The minimum absolute atomic E-state index is 0.0264. The Kier molecular flexibility index (Phi) is 6.36. The highest BCUT2D eigenvalue weighted by atomic mass is 35.5. The van der Waals surface area contributed by atoms with E-state index in [0.717, 1.165) is 11.1 Å². The first-order valence-electron chi connectivity index (χ1n) is 9.57. The largest absolute Gasteiger partial charge is 0.452 e. The average molecular weight is 461 g/mol. The zero-order valence-corrected chi connectivity index (χ0v) is 18.3. The molecule has 1 aliphatic rings. The molecule has 160 valence electrons. The Morgan fingerprint density at radius 1 is 1.16 bits per heavy atom. The summed E-state index contributed by atoms with van der Waals surface area (Å²) in [5, 5.41) is 8.66. The number of ether oxygens (including phenoxy) is 1. The van der Waals surface area contributed by atoms with Gasteiger partial charge in [-0.2, -0.15) is 10.2 Å². The molecule has 2 heterocycles. The van der Waals surface area contributed by atoms with Gasteiger partial charge in [0.2, 0.25) is 0 Å². The Balaban J connectivity index is 1.66. The summed E-state index contributed by atoms with van der Waals surface area (Å²) in [4.78, 5) is 10.3. The molecule has 0 saturated carbocycles. The number of amidine groups is 1. The van der Waals surface area contributed by atoms with E-state index in [1.54, 1.807) is 13.0 Å². The second-order valence-corrected chi connectivity index (χ2v) is 7.98. The molecule has 1 aromatic heterocycles. The van der Waals surface area contributed by atoms with Gasteiger partial charge in [-0.25, -0.2) is 9.87 Å². The van der Waals surface area contributed by atoms with E-state index in [1.807, 2.05) is 25.1 Å². The molecule has 4 rings (SSSR count). The summed E-state index contributed by atoms with van der Waals surface area (Å²) < 4.78 is 20.1. The van der Waals surface area contributed by atoms with Crippen LogP contribution < -0.4 is 10.2 Å². The number of hydrogen-bond acceptors (Lipinski definition) is 6. The van der Waals surface area contributed by atoms with E-state index in [2.05, 4.69) is 15.7 Å². The maximum Gasteiger partial charge on any atom is 0.184 e. The molecule has 2 aromatic carbocycles. The number of hydrogen-bond donors (Lipinski definition) is 1. The number of halogens is 3. The van der Waals surface area contributed by atoms with Crippen molar-refractivity contribution in [3.05, 3.63) is 80.8 Å². The Morgan fingerprint density at radius 2 is 2.00 bits per heavy atom. The first kappa shape index (κ1) is 21.5. The zero-order chi connectivity index (χ0) is 22.0. The molecule has 0 saturated heterocycles. The number of nitrogens with zero attached hydrogens (tertiary/aromatic N) is 3. The highest BCUT2D eigenvalue weighted by molar-refractivity contribution is 6.31. The van der Waals surface area contributed by atoms with Crippen LogP contribution in [0.4, 0.5) is 4.39 Å². The Labute approximate surface area is 189 Å². The maximum absolute atomic E-state index is 14.4. The molecule has 1 unspecified atom stereocenters. The number of benzene rings is 2. The van der Waals surface area contributed by atoms with Gasteiger partial charge in [0.1, 0.15) is 0 Å². The van der Waals surface area contributed by atoms with Gasteiger partial charge in [0.25, 0.3) is 0 Å². The number of hydroxylamine groups is 1. The molecule has 1 aliphatic heterocycles. The molecular weight excluding hydrogens is 442 g/mol. The van der Waals surface area contributed by atoms with Gasteiger partial charge in [-0.3, -0.25) is 9.83 Å². The van der Waals surface area contributed by atoms with E-state index in [1.165, 1.54) is 18.3 Å². The van der Waals surface area contributed by atoms with Gasteiger partial charge in [-0.1, -0.05) is 41.4 Å². The lowest BCUT2D eigenvalue weighted by molar-refractivity contribution is 0.0623. The topological polar surface area (TPSA) is 68.6 Å². The van der Waals surface area contributed by atoms with E-state index in [-0.39, 0.29) is 22.6 Å². The smallest absolute Gasteiger partial charge is 0.184 e. The molecule has 0 amide bonds. The molecule has 0 aliphatic carbocycles. The van der Waals surface area contributed by atoms with Crippen LogP contribution in [0.3, 0.4) is 0 Å². The molecule has 1 atom stereocenters. The third-order valence-electron chi connectivity index (χ3n) is 4.78. The molecule has 1 N–H and O–H groups in total. The lowest BCUT2D eigenvalue weighted by atomic mass is 10.0. The van der Waals surface area contributed by atoms with E-state index < -0.39 is 5.82 Å². The first-order valence-corrected chi connectivity index (χ1v) is 10.3. The summed E-state index contributed by atoms with van der Waals surface area (Å²) in [6.07, 6.45) is 1.99. The van der Waals surface area contributed by atoms with Gasteiger partial charge < -0.3 is 4.74 Å². The Hall–Kier alpha value is -2.74. The van der Waals surface area contributed by atoms with Crippen molar-refractivity contribution in [2.45, 2.75) is 26.3 Å². The minimum Gasteiger partial charge on any atom is -0.452 e. The summed E-state index contributed by atoms with van der Waals surface area (Å²) >= 11 is 12.2. The van der Waals surface area contributed by atoms with E-state index in [4.69, 9.17) is 37.8 Å². The van der Waals surface area contributed by atoms with Gasteiger partial charge in [0, 0.05) is 5.02 Å². The van der Waals surface area contributed by atoms with Crippen molar-refractivity contribution in [3.8, 4) is 11.5 Å². The van der Waals surface area contributed by atoms with Crippen molar-refractivity contribution in [3.63, 3.8) is 0 Å². The van der Waals surface area contributed by atoms with Gasteiger partial charge >= 0.3 is 0 Å². The van der Waals surface area contributed by atoms with Crippen LogP contribution in [-0.4, -0.2) is 28.7 Å². The summed E-state index contributed by atoms with van der Waals surface area (Å²) in [7, 11) is 0. The second-order valence-electron chi connectivity index (χ2n) is 7.17. The van der Waals surface area contributed by atoms with Crippen molar-refractivity contribution in [1.82, 2.24) is 15.7 Å². The summed E-state index contributed by atoms with van der Waals surface area (Å²) in [5.74, 6) is 0.00887. The van der Waals surface area contributed by atoms with Crippen molar-refractivity contribution in [2.75, 3.05) is 6.61 Å². The van der Waals surface area contributed by atoms with Crippen molar-refractivity contribution in [2.24, 2.45) is 4.99 Å².